The van der Waals surface area contributed by atoms with E-state index in [9.17, 15) is 9.18 Å². The van der Waals surface area contributed by atoms with Gasteiger partial charge < -0.3 is 0 Å². The number of aromatic nitrogens is 2. The van der Waals surface area contributed by atoms with Crippen LogP contribution in [0.15, 0.2) is 24.4 Å². The van der Waals surface area contributed by atoms with E-state index in [2.05, 4.69) is 9.97 Å². The minimum absolute atomic E-state index is 0.0205. The molecule has 0 aliphatic carbocycles. The highest BCUT2D eigenvalue weighted by Crippen LogP contribution is 2.24. The summed E-state index contributed by atoms with van der Waals surface area (Å²) in [5.74, 6) is -1.49. The SMILES string of the molecule is O=C(c1ncc(Cl)nc1Cl)c1c(F)cccc1Cl. The van der Waals surface area contributed by atoms with Crippen molar-refractivity contribution in [3.63, 3.8) is 0 Å². The van der Waals surface area contributed by atoms with Crippen LogP contribution < -0.4 is 0 Å². The second-order valence-corrected chi connectivity index (χ2v) is 4.41. The van der Waals surface area contributed by atoms with Gasteiger partial charge in [0.25, 0.3) is 0 Å². The summed E-state index contributed by atoms with van der Waals surface area (Å²) in [6.45, 7) is 0. The minimum Gasteiger partial charge on any atom is -0.287 e. The van der Waals surface area contributed by atoms with E-state index in [-0.39, 0.29) is 26.6 Å². The number of carbonyl (C=O) groups excluding carboxylic acids is 1. The fourth-order valence-corrected chi connectivity index (χ4v) is 1.98. The van der Waals surface area contributed by atoms with E-state index < -0.39 is 11.6 Å². The second-order valence-electron chi connectivity index (χ2n) is 3.26. The molecule has 2 rings (SSSR count). The summed E-state index contributed by atoms with van der Waals surface area (Å²) in [4.78, 5) is 19.5. The first-order valence-electron chi connectivity index (χ1n) is 4.67. The van der Waals surface area contributed by atoms with Crippen LogP contribution in [0.3, 0.4) is 0 Å². The van der Waals surface area contributed by atoms with E-state index in [1.165, 1.54) is 12.1 Å². The molecule has 0 aliphatic heterocycles. The van der Waals surface area contributed by atoms with Crippen LogP contribution in [0.25, 0.3) is 0 Å². The fraction of sp³-hybridized carbons (Fsp3) is 0. The van der Waals surface area contributed by atoms with Crippen LogP contribution in [0.2, 0.25) is 15.3 Å². The van der Waals surface area contributed by atoms with Gasteiger partial charge in [0.2, 0.25) is 5.78 Å². The topological polar surface area (TPSA) is 42.9 Å². The summed E-state index contributed by atoms with van der Waals surface area (Å²) in [5.41, 5.74) is -0.495. The molecule has 0 radical (unpaired) electrons. The number of benzene rings is 1. The standard InChI is InChI=1S/C11H4Cl3FN2O/c12-5-2-1-3-6(15)8(5)10(18)9-11(14)17-7(13)4-16-9/h1-4H. The van der Waals surface area contributed by atoms with Gasteiger partial charge in [0, 0.05) is 0 Å². The Morgan fingerprint density at radius 2 is 1.94 bits per heavy atom. The molecule has 0 unspecified atom stereocenters. The first-order chi connectivity index (χ1) is 8.50. The highest BCUT2D eigenvalue weighted by molar-refractivity contribution is 6.37. The zero-order chi connectivity index (χ0) is 13.3. The molecular weight excluding hydrogens is 301 g/mol. The van der Waals surface area contributed by atoms with Gasteiger partial charge in [-0.15, -0.1) is 0 Å². The van der Waals surface area contributed by atoms with Crippen molar-refractivity contribution in [2.45, 2.75) is 0 Å². The molecule has 7 heteroatoms. The molecule has 0 atom stereocenters. The Bertz CT molecular complexity index is 613. The molecule has 1 aromatic heterocycles. The Labute approximate surface area is 117 Å². The van der Waals surface area contributed by atoms with Gasteiger partial charge in [-0.2, -0.15) is 0 Å². The number of hydrogen-bond acceptors (Lipinski definition) is 3. The minimum atomic E-state index is -0.750. The van der Waals surface area contributed by atoms with Crippen LogP contribution in [-0.2, 0) is 0 Å². The number of carbonyl (C=O) groups is 1. The predicted molar refractivity (Wildman–Crippen MR) is 66.9 cm³/mol. The van der Waals surface area contributed by atoms with E-state index in [1.54, 1.807) is 0 Å². The number of nitrogens with zero attached hydrogens (tertiary/aromatic N) is 2. The van der Waals surface area contributed by atoms with E-state index in [0.29, 0.717) is 0 Å². The smallest absolute Gasteiger partial charge is 0.218 e. The summed E-state index contributed by atoms with van der Waals surface area (Å²) >= 11 is 17.1. The van der Waals surface area contributed by atoms with Gasteiger partial charge in [0.1, 0.15) is 16.7 Å². The number of ketones is 1. The molecule has 1 aromatic carbocycles. The molecular formula is C11H4Cl3FN2O. The molecule has 0 N–H and O–H groups in total. The van der Waals surface area contributed by atoms with E-state index in [4.69, 9.17) is 34.8 Å². The van der Waals surface area contributed by atoms with E-state index in [0.717, 1.165) is 12.3 Å². The lowest BCUT2D eigenvalue weighted by atomic mass is 10.1. The Kier molecular flexibility index (Phi) is 3.80. The zero-order valence-electron chi connectivity index (χ0n) is 8.62. The molecule has 0 fully saturated rings. The average Bonchev–Trinajstić information content (AvgIpc) is 2.28. The lowest BCUT2D eigenvalue weighted by Crippen LogP contribution is -2.09. The van der Waals surface area contributed by atoms with Gasteiger partial charge >= 0.3 is 0 Å². The first-order valence-corrected chi connectivity index (χ1v) is 5.81. The number of hydrogen-bond donors (Lipinski definition) is 0. The normalized spacial score (nSPS) is 10.4. The van der Waals surface area contributed by atoms with Gasteiger partial charge in [-0.3, -0.25) is 4.79 Å². The molecule has 18 heavy (non-hydrogen) atoms. The van der Waals surface area contributed by atoms with Crippen molar-refractivity contribution in [1.82, 2.24) is 9.97 Å². The molecule has 2 aromatic rings. The Balaban J connectivity index is 2.55. The third kappa shape index (κ3) is 2.46. The van der Waals surface area contributed by atoms with Crippen molar-refractivity contribution in [3.05, 3.63) is 56.8 Å². The molecule has 92 valence electrons. The Hall–Kier alpha value is -1.23. The van der Waals surface area contributed by atoms with Gasteiger partial charge in [0.15, 0.2) is 5.15 Å². The summed E-state index contributed by atoms with van der Waals surface area (Å²) in [6.07, 6.45) is 1.15. The van der Waals surface area contributed by atoms with Crippen LogP contribution in [0.1, 0.15) is 16.1 Å². The molecule has 0 spiro atoms. The zero-order valence-corrected chi connectivity index (χ0v) is 10.9. The summed E-state index contributed by atoms with van der Waals surface area (Å²) in [7, 11) is 0. The molecule has 3 nitrogen and oxygen atoms in total. The van der Waals surface area contributed by atoms with Crippen molar-refractivity contribution in [2.24, 2.45) is 0 Å². The third-order valence-electron chi connectivity index (χ3n) is 2.11. The highest BCUT2D eigenvalue weighted by Gasteiger charge is 2.22. The van der Waals surface area contributed by atoms with Crippen LogP contribution in [-0.4, -0.2) is 15.8 Å². The Morgan fingerprint density at radius 1 is 1.22 bits per heavy atom. The van der Waals surface area contributed by atoms with Gasteiger partial charge in [-0.05, 0) is 12.1 Å². The third-order valence-corrected chi connectivity index (χ3v) is 2.87. The summed E-state index contributed by atoms with van der Waals surface area (Å²) in [5, 5.41) is -0.184. The molecule has 0 amide bonds. The lowest BCUT2D eigenvalue weighted by molar-refractivity contribution is 0.103. The largest absolute Gasteiger partial charge is 0.287 e. The fourth-order valence-electron chi connectivity index (χ4n) is 1.33. The number of rotatable bonds is 2. The van der Waals surface area contributed by atoms with Crippen molar-refractivity contribution in [2.75, 3.05) is 0 Å². The molecule has 1 heterocycles. The van der Waals surface area contributed by atoms with Crippen molar-refractivity contribution >= 4 is 40.6 Å². The number of halogens is 4. The monoisotopic (exact) mass is 304 g/mol. The Morgan fingerprint density at radius 3 is 2.56 bits per heavy atom. The van der Waals surface area contributed by atoms with Gasteiger partial charge in [-0.25, -0.2) is 14.4 Å². The van der Waals surface area contributed by atoms with Crippen molar-refractivity contribution in [3.8, 4) is 0 Å². The maximum atomic E-state index is 13.6. The average molecular weight is 306 g/mol. The molecule has 0 saturated heterocycles. The summed E-state index contributed by atoms with van der Waals surface area (Å²) < 4.78 is 13.6. The van der Waals surface area contributed by atoms with Crippen LogP contribution in [0.4, 0.5) is 4.39 Å². The highest BCUT2D eigenvalue weighted by atomic mass is 35.5. The van der Waals surface area contributed by atoms with Crippen LogP contribution >= 0.6 is 34.8 Å². The second kappa shape index (κ2) is 5.18. The maximum Gasteiger partial charge on any atom is 0.218 e. The lowest BCUT2D eigenvalue weighted by Gasteiger charge is -2.05. The molecule has 0 aliphatic rings. The van der Waals surface area contributed by atoms with Crippen molar-refractivity contribution in [1.29, 1.82) is 0 Å². The van der Waals surface area contributed by atoms with Crippen LogP contribution in [0, 0.1) is 5.82 Å². The van der Waals surface area contributed by atoms with Crippen molar-refractivity contribution < 1.29 is 9.18 Å². The quantitative estimate of drug-likeness (QED) is 0.792. The van der Waals surface area contributed by atoms with E-state index in [1.807, 2.05) is 0 Å². The predicted octanol–water partition coefficient (Wildman–Crippen LogP) is 3.81. The van der Waals surface area contributed by atoms with Crippen LogP contribution in [0.5, 0.6) is 0 Å². The van der Waals surface area contributed by atoms with E-state index >= 15 is 0 Å². The summed E-state index contributed by atoms with van der Waals surface area (Å²) in [6, 6.07) is 3.91. The van der Waals surface area contributed by atoms with Gasteiger partial charge in [0.05, 0.1) is 16.8 Å². The maximum absolute atomic E-state index is 13.6. The molecule has 0 saturated carbocycles. The molecule has 0 bridgehead atoms. The van der Waals surface area contributed by atoms with Gasteiger partial charge in [-0.1, -0.05) is 40.9 Å². The first kappa shape index (κ1) is 13.2.